The highest BCUT2D eigenvalue weighted by Crippen LogP contribution is 2.40. The van der Waals surface area contributed by atoms with Gasteiger partial charge in [-0.25, -0.2) is 0 Å². The van der Waals surface area contributed by atoms with Crippen molar-refractivity contribution in [1.29, 1.82) is 0 Å². The topological polar surface area (TPSA) is 92.7 Å². The first-order valence-electron chi connectivity index (χ1n) is 11.9. The van der Waals surface area contributed by atoms with Crippen molar-refractivity contribution in [3.63, 3.8) is 0 Å². The Kier molecular flexibility index (Phi) is 7.43. The van der Waals surface area contributed by atoms with Crippen LogP contribution in [0.15, 0.2) is 48.5 Å². The Hall–Kier alpha value is -3.15. The first-order chi connectivity index (χ1) is 16.0. The van der Waals surface area contributed by atoms with Crippen LogP contribution in [0.25, 0.3) is 0 Å². The molecule has 0 bridgehead atoms. The fraction of sp³-hybridized carbons (Fsp3) is 0.444. The average Bonchev–Trinajstić information content (AvgIpc) is 3.68. The van der Waals surface area contributed by atoms with Crippen LogP contribution in [0.4, 0.5) is 0 Å². The molecule has 4 rings (SSSR count). The third kappa shape index (κ3) is 6.44. The van der Waals surface area contributed by atoms with Crippen molar-refractivity contribution in [3.05, 3.63) is 65.2 Å². The number of carbonyl (C=O) groups is 3. The van der Waals surface area contributed by atoms with Crippen LogP contribution < -0.4 is 10.1 Å². The van der Waals surface area contributed by atoms with Crippen molar-refractivity contribution in [1.82, 2.24) is 5.32 Å². The fourth-order valence-electron chi connectivity index (χ4n) is 4.39. The summed E-state index contributed by atoms with van der Waals surface area (Å²) >= 11 is 0. The lowest BCUT2D eigenvalue weighted by molar-refractivity contribution is -0.143. The lowest BCUT2D eigenvalue weighted by Gasteiger charge is -2.26. The number of nitrogens with one attached hydrogen (secondary N) is 1. The zero-order chi connectivity index (χ0) is 23.2. The maximum absolute atomic E-state index is 12.5. The lowest BCUT2D eigenvalue weighted by Crippen LogP contribution is -2.27. The molecule has 174 valence electrons. The Balaban J connectivity index is 1.17. The van der Waals surface area contributed by atoms with Crippen LogP contribution in [-0.2, 0) is 4.79 Å². The lowest BCUT2D eigenvalue weighted by atomic mass is 9.87. The smallest absolute Gasteiger partial charge is 0.306 e. The maximum Gasteiger partial charge on any atom is 0.306 e. The van der Waals surface area contributed by atoms with Gasteiger partial charge in [0, 0.05) is 24.1 Å². The minimum atomic E-state index is -0.723. The van der Waals surface area contributed by atoms with Crippen molar-refractivity contribution in [2.75, 3.05) is 6.54 Å². The van der Waals surface area contributed by atoms with E-state index in [0.29, 0.717) is 55.0 Å². The molecular formula is C27H31NO5. The average molecular weight is 450 g/mol. The number of aliphatic carboxylic acids is 1. The first-order valence-corrected chi connectivity index (χ1v) is 11.9. The van der Waals surface area contributed by atoms with Gasteiger partial charge in [0.05, 0.1) is 12.0 Å². The van der Waals surface area contributed by atoms with Gasteiger partial charge in [0.1, 0.15) is 5.75 Å². The second-order valence-electron chi connectivity index (χ2n) is 9.14. The summed E-state index contributed by atoms with van der Waals surface area (Å²) < 4.78 is 5.96. The molecule has 0 saturated heterocycles. The van der Waals surface area contributed by atoms with Gasteiger partial charge in [0.25, 0.3) is 5.91 Å². The number of carboxylic acid groups (broad SMARTS) is 1. The number of carboxylic acids is 1. The summed E-state index contributed by atoms with van der Waals surface area (Å²) in [7, 11) is 0. The zero-order valence-electron chi connectivity index (χ0n) is 18.8. The van der Waals surface area contributed by atoms with Crippen LogP contribution in [0, 0.1) is 5.92 Å². The Bertz CT molecular complexity index is 988. The fourth-order valence-corrected chi connectivity index (χ4v) is 4.39. The number of carbonyl (C=O) groups excluding carboxylic acids is 2. The summed E-state index contributed by atoms with van der Waals surface area (Å²) in [6, 6.07) is 14.9. The van der Waals surface area contributed by atoms with Gasteiger partial charge in [-0.3, -0.25) is 14.4 Å². The highest BCUT2D eigenvalue weighted by atomic mass is 16.5. The Labute approximate surface area is 194 Å². The molecule has 0 radical (unpaired) electrons. The quantitative estimate of drug-likeness (QED) is 0.394. The molecule has 2 aromatic carbocycles. The number of amides is 1. The van der Waals surface area contributed by atoms with E-state index in [4.69, 9.17) is 9.84 Å². The zero-order valence-corrected chi connectivity index (χ0v) is 18.8. The van der Waals surface area contributed by atoms with E-state index in [1.807, 2.05) is 18.2 Å². The Morgan fingerprint density at radius 1 is 0.909 bits per heavy atom. The van der Waals surface area contributed by atoms with Crippen LogP contribution in [0.3, 0.4) is 0 Å². The van der Waals surface area contributed by atoms with E-state index in [1.54, 1.807) is 24.3 Å². The molecule has 0 aromatic heterocycles. The summed E-state index contributed by atoms with van der Waals surface area (Å²) in [5.41, 5.74) is 2.54. The largest absolute Gasteiger partial charge is 0.490 e. The van der Waals surface area contributed by atoms with E-state index in [2.05, 4.69) is 11.4 Å². The number of benzene rings is 2. The van der Waals surface area contributed by atoms with E-state index in [1.165, 1.54) is 18.4 Å². The Morgan fingerprint density at radius 3 is 2.30 bits per heavy atom. The number of hydrogen-bond donors (Lipinski definition) is 2. The number of ketones is 1. The molecule has 2 aliphatic rings. The second kappa shape index (κ2) is 10.6. The van der Waals surface area contributed by atoms with Crippen molar-refractivity contribution in [2.45, 2.75) is 63.4 Å². The summed E-state index contributed by atoms with van der Waals surface area (Å²) in [6.45, 7) is 0.457. The van der Waals surface area contributed by atoms with Gasteiger partial charge in [0.2, 0.25) is 0 Å². The molecule has 0 spiro atoms. The highest BCUT2D eigenvalue weighted by Gasteiger charge is 2.27. The molecule has 33 heavy (non-hydrogen) atoms. The van der Waals surface area contributed by atoms with Gasteiger partial charge in [0.15, 0.2) is 5.78 Å². The summed E-state index contributed by atoms with van der Waals surface area (Å²) in [5, 5.41) is 12.0. The van der Waals surface area contributed by atoms with E-state index in [-0.39, 0.29) is 23.7 Å². The van der Waals surface area contributed by atoms with E-state index in [9.17, 15) is 14.4 Å². The van der Waals surface area contributed by atoms with Crippen LogP contribution in [0.5, 0.6) is 5.75 Å². The van der Waals surface area contributed by atoms with E-state index in [0.717, 1.165) is 12.8 Å². The molecule has 2 N–H and O–H groups in total. The predicted octanol–water partition coefficient (Wildman–Crippen LogP) is 4.98. The van der Waals surface area contributed by atoms with Gasteiger partial charge >= 0.3 is 5.97 Å². The third-order valence-corrected chi connectivity index (χ3v) is 6.57. The van der Waals surface area contributed by atoms with Crippen molar-refractivity contribution in [2.24, 2.45) is 5.92 Å². The molecule has 2 saturated carbocycles. The van der Waals surface area contributed by atoms with Crippen molar-refractivity contribution < 1.29 is 24.2 Å². The first kappa shape index (κ1) is 23.0. The molecule has 0 aliphatic heterocycles. The summed E-state index contributed by atoms with van der Waals surface area (Å²) in [6.07, 6.45) is 6.11. The van der Waals surface area contributed by atoms with Crippen LogP contribution in [0.1, 0.15) is 83.6 Å². The van der Waals surface area contributed by atoms with Gasteiger partial charge in [-0.05, 0) is 92.8 Å². The number of Topliss-reactive ketones (excluding diaryl/α,β-unsaturated/α-hetero) is 1. The van der Waals surface area contributed by atoms with Crippen LogP contribution in [0.2, 0.25) is 0 Å². The van der Waals surface area contributed by atoms with Crippen LogP contribution in [-0.4, -0.2) is 35.4 Å². The number of hydrogen-bond acceptors (Lipinski definition) is 4. The minimum Gasteiger partial charge on any atom is -0.490 e. The second-order valence-corrected chi connectivity index (χ2v) is 9.14. The predicted molar refractivity (Wildman–Crippen MR) is 125 cm³/mol. The SMILES string of the molecule is O=C(CCCNC(=O)c1cccc(C2CC2)c1)c1ccc(OC2CCC(C(=O)O)CC2)cc1. The minimum absolute atomic E-state index is 0.0238. The van der Waals surface area contributed by atoms with Crippen molar-refractivity contribution in [3.8, 4) is 5.75 Å². The molecule has 0 unspecified atom stereocenters. The molecule has 2 aliphatic carbocycles. The van der Waals surface area contributed by atoms with E-state index < -0.39 is 5.97 Å². The van der Waals surface area contributed by atoms with E-state index >= 15 is 0 Å². The standard InChI is InChI=1S/C27H31NO5/c29-25(5-2-16-28-26(30)22-4-1-3-21(17-22)18-6-7-18)19-8-12-23(13-9-19)33-24-14-10-20(11-15-24)27(31)32/h1,3-4,8-9,12-13,17-18,20,24H,2,5-7,10-11,14-16H2,(H,28,30)(H,31,32). The molecule has 6 nitrogen and oxygen atoms in total. The number of rotatable bonds is 10. The molecule has 1 amide bonds. The molecule has 0 atom stereocenters. The van der Waals surface area contributed by atoms with Gasteiger partial charge in [-0.1, -0.05) is 12.1 Å². The summed E-state index contributed by atoms with van der Waals surface area (Å²) in [4.78, 5) is 35.9. The highest BCUT2D eigenvalue weighted by molar-refractivity contribution is 5.96. The Morgan fingerprint density at radius 2 is 1.64 bits per heavy atom. The molecule has 2 fully saturated rings. The normalized spacial score (nSPS) is 20.1. The maximum atomic E-state index is 12.5. The van der Waals surface area contributed by atoms with Crippen LogP contribution >= 0.6 is 0 Å². The van der Waals surface area contributed by atoms with Gasteiger partial charge in [-0.15, -0.1) is 0 Å². The molecule has 6 heteroatoms. The monoisotopic (exact) mass is 449 g/mol. The van der Waals surface area contributed by atoms with Gasteiger partial charge in [-0.2, -0.15) is 0 Å². The number of ether oxygens (including phenoxy) is 1. The van der Waals surface area contributed by atoms with Gasteiger partial charge < -0.3 is 15.2 Å². The third-order valence-electron chi connectivity index (χ3n) is 6.57. The summed E-state index contributed by atoms with van der Waals surface area (Å²) in [5.74, 6) is 0.267. The van der Waals surface area contributed by atoms with Crippen molar-refractivity contribution >= 4 is 17.7 Å². The molecule has 0 heterocycles. The molecule has 2 aromatic rings. The molecular weight excluding hydrogens is 418 g/mol.